The maximum atomic E-state index is 13.6. The van der Waals surface area contributed by atoms with Gasteiger partial charge in [-0.2, -0.15) is 17.7 Å². The molecule has 1 aliphatic rings. The van der Waals surface area contributed by atoms with E-state index in [1.807, 2.05) is 65.2 Å². The van der Waals surface area contributed by atoms with Crippen LogP contribution in [-0.2, 0) is 6.18 Å². The van der Waals surface area contributed by atoms with Gasteiger partial charge in [0.05, 0.1) is 16.8 Å². The summed E-state index contributed by atoms with van der Waals surface area (Å²) in [5.41, 5.74) is 1.76. The average Bonchev–Trinajstić information content (AvgIpc) is 2.67. The van der Waals surface area contributed by atoms with Gasteiger partial charge in [0.1, 0.15) is 0 Å². The first-order valence-electron chi connectivity index (χ1n) is 8.23. The normalized spacial score (nSPS) is 14.0. The van der Waals surface area contributed by atoms with Gasteiger partial charge < -0.3 is 0 Å². The quantitative estimate of drug-likeness (QED) is 0.545. The standard InChI is InChI=1S/C21H16F3N2/c22-21(23,24)19-13-7-8-16-14-25(17-9-3-1-4-10-17)15-26(20(16)19)18-11-5-2-6-12-18/h1-14H,15H2/q+1. The Morgan fingerprint density at radius 1 is 0.769 bits per heavy atom. The predicted molar refractivity (Wildman–Crippen MR) is 96.4 cm³/mol. The molecule has 3 aromatic rings. The molecule has 3 aromatic carbocycles. The van der Waals surface area contributed by atoms with Crippen LogP contribution in [0.5, 0.6) is 0 Å². The van der Waals surface area contributed by atoms with Crippen molar-refractivity contribution in [3.63, 3.8) is 0 Å². The Hall–Kier alpha value is -3.08. The molecule has 4 rings (SSSR count). The molecule has 0 amide bonds. The maximum absolute atomic E-state index is 13.6. The third kappa shape index (κ3) is 2.96. The Bertz CT molecular complexity index is 948. The summed E-state index contributed by atoms with van der Waals surface area (Å²) in [6, 6.07) is 23.1. The van der Waals surface area contributed by atoms with Crippen LogP contribution in [0.1, 0.15) is 11.1 Å². The molecule has 0 radical (unpaired) electrons. The second-order valence-corrected chi connectivity index (χ2v) is 6.08. The van der Waals surface area contributed by atoms with Gasteiger partial charge in [0.15, 0.2) is 6.21 Å². The molecule has 0 aliphatic carbocycles. The molecule has 0 aromatic heterocycles. The highest BCUT2D eigenvalue weighted by molar-refractivity contribution is 5.91. The molecule has 1 heterocycles. The smallest absolute Gasteiger partial charge is 0.284 e. The minimum Gasteiger partial charge on any atom is -0.284 e. The van der Waals surface area contributed by atoms with Crippen molar-refractivity contribution in [1.82, 2.24) is 0 Å². The molecule has 0 bridgehead atoms. The fraction of sp³-hybridized carbons (Fsp3) is 0.0952. The number of benzene rings is 3. The number of rotatable bonds is 2. The molecule has 0 fully saturated rings. The molecule has 130 valence electrons. The monoisotopic (exact) mass is 353 g/mol. The van der Waals surface area contributed by atoms with Crippen LogP contribution in [0.3, 0.4) is 0 Å². The largest absolute Gasteiger partial charge is 0.418 e. The summed E-state index contributed by atoms with van der Waals surface area (Å²) in [6.45, 7) is 0.300. The van der Waals surface area contributed by atoms with Crippen LogP contribution >= 0.6 is 0 Å². The molecular weight excluding hydrogens is 337 g/mol. The number of alkyl halides is 3. The fourth-order valence-corrected chi connectivity index (χ4v) is 3.22. The van der Waals surface area contributed by atoms with Crippen LogP contribution in [-0.4, -0.2) is 17.5 Å². The van der Waals surface area contributed by atoms with E-state index in [0.717, 1.165) is 17.4 Å². The van der Waals surface area contributed by atoms with Crippen LogP contribution in [0.2, 0.25) is 0 Å². The van der Waals surface area contributed by atoms with E-state index in [2.05, 4.69) is 0 Å². The number of para-hydroxylation sites is 3. The first kappa shape index (κ1) is 16.4. The van der Waals surface area contributed by atoms with Gasteiger partial charge in [0.2, 0.25) is 12.4 Å². The van der Waals surface area contributed by atoms with E-state index in [9.17, 15) is 13.2 Å². The van der Waals surface area contributed by atoms with E-state index in [1.165, 1.54) is 6.07 Å². The Morgan fingerprint density at radius 3 is 2.08 bits per heavy atom. The van der Waals surface area contributed by atoms with Gasteiger partial charge in [-0.25, -0.2) is 0 Å². The molecule has 1 aliphatic heterocycles. The fourth-order valence-electron chi connectivity index (χ4n) is 3.22. The minimum atomic E-state index is -4.42. The van der Waals surface area contributed by atoms with E-state index in [0.29, 0.717) is 12.2 Å². The lowest BCUT2D eigenvalue weighted by Gasteiger charge is -2.30. The Kier molecular flexibility index (Phi) is 3.99. The summed E-state index contributed by atoms with van der Waals surface area (Å²) >= 11 is 0. The lowest BCUT2D eigenvalue weighted by molar-refractivity contribution is -0.434. The molecule has 0 atom stereocenters. The number of nitrogens with zero attached hydrogens (tertiary/aromatic N) is 2. The van der Waals surface area contributed by atoms with Crippen molar-refractivity contribution in [2.45, 2.75) is 6.18 Å². The number of halogens is 3. The van der Waals surface area contributed by atoms with Gasteiger partial charge in [-0.15, -0.1) is 0 Å². The molecule has 26 heavy (non-hydrogen) atoms. The summed E-state index contributed by atoms with van der Waals surface area (Å²) in [5.74, 6) is 0. The topological polar surface area (TPSA) is 6.25 Å². The van der Waals surface area contributed by atoms with Gasteiger partial charge in [-0.3, -0.25) is 4.90 Å². The van der Waals surface area contributed by atoms with E-state index in [4.69, 9.17) is 0 Å². The first-order chi connectivity index (χ1) is 12.5. The van der Waals surface area contributed by atoms with Gasteiger partial charge in [-0.1, -0.05) is 42.5 Å². The second-order valence-electron chi connectivity index (χ2n) is 6.08. The molecule has 0 N–H and O–H groups in total. The molecule has 0 spiro atoms. The zero-order valence-corrected chi connectivity index (χ0v) is 13.8. The minimum absolute atomic E-state index is 0.193. The Balaban J connectivity index is 1.93. The highest BCUT2D eigenvalue weighted by Crippen LogP contribution is 2.42. The summed E-state index contributed by atoms with van der Waals surface area (Å²) in [5, 5.41) is 0. The second kappa shape index (κ2) is 6.33. The lowest BCUT2D eigenvalue weighted by Crippen LogP contribution is -2.33. The van der Waals surface area contributed by atoms with Gasteiger partial charge >= 0.3 is 6.18 Å². The Morgan fingerprint density at radius 2 is 1.42 bits per heavy atom. The molecule has 0 saturated carbocycles. The van der Waals surface area contributed by atoms with Crippen molar-refractivity contribution in [3.05, 3.63) is 90.0 Å². The first-order valence-corrected chi connectivity index (χ1v) is 8.23. The molecular formula is C21H16F3N2+. The van der Waals surface area contributed by atoms with Gasteiger partial charge in [0.25, 0.3) is 0 Å². The molecule has 5 heteroatoms. The van der Waals surface area contributed by atoms with Crippen molar-refractivity contribution in [2.75, 3.05) is 11.6 Å². The van der Waals surface area contributed by atoms with Crippen molar-refractivity contribution >= 4 is 23.3 Å². The summed E-state index contributed by atoms with van der Waals surface area (Å²) in [4.78, 5) is 1.71. The molecule has 0 saturated heterocycles. The van der Waals surface area contributed by atoms with Crippen LogP contribution in [0.15, 0.2) is 78.9 Å². The van der Waals surface area contributed by atoms with Crippen LogP contribution in [0, 0.1) is 0 Å². The molecule has 2 nitrogen and oxygen atoms in total. The summed E-state index contributed by atoms with van der Waals surface area (Å²) in [6.07, 6.45) is -2.64. The molecule has 0 unspecified atom stereocenters. The maximum Gasteiger partial charge on any atom is 0.418 e. The summed E-state index contributed by atoms with van der Waals surface area (Å²) in [7, 11) is 0. The van der Waals surface area contributed by atoms with E-state index >= 15 is 0 Å². The Labute approximate surface area is 149 Å². The number of hydrogen-bond donors (Lipinski definition) is 0. The van der Waals surface area contributed by atoms with E-state index < -0.39 is 11.7 Å². The van der Waals surface area contributed by atoms with Crippen LogP contribution in [0.4, 0.5) is 30.2 Å². The van der Waals surface area contributed by atoms with E-state index in [1.54, 1.807) is 17.2 Å². The highest BCUT2D eigenvalue weighted by atomic mass is 19.4. The SMILES string of the molecule is FC(F)(F)c1cccc2c1N(c1ccccc1)C[N+](c1ccccc1)=C2. The third-order valence-corrected chi connectivity index (χ3v) is 4.39. The highest BCUT2D eigenvalue weighted by Gasteiger charge is 2.39. The van der Waals surface area contributed by atoms with E-state index in [-0.39, 0.29) is 5.69 Å². The van der Waals surface area contributed by atoms with Crippen LogP contribution in [0.25, 0.3) is 0 Å². The van der Waals surface area contributed by atoms with Crippen molar-refractivity contribution < 1.29 is 17.7 Å². The lowest BCUT2D eigenvalue weighted by atomic mass is 10.0. The number of fused-ring (bicyclic) bond motifs is 1. The van der Waals surface area contributed by atoms with Gasteiger partial charge in [0, 0.05) is 17.8 Å². The predicted octanol–water partition coefficient (Wildman–Crippen LogP) is 5.58. The zero-order chi connectivity index (χ0) is 18.1. The van der Waals surface area contributed by atoms with Crippen molar-refractivity contribution in [2.24, 2.45) is 0 Å². The average molecular weight is 353 g/mol. The third-order valence-electron chi connectivity index (χ3n) is 4.39. The number of hydrogen-bond acceptors (Lipinski definition) is 1. The summed E-state index contributed by atoms with van der Waals surface area (Å²) < 4.78 is 42.8. The van der Waals surface area contributed by atoms with Crippen LogP contribution < -0.4 is 4.90 Å². The number of anilines is 2. The van der Waals surface area contributed by atoms with Gasteiger partial charge in [-0.05, 0) is 24.3 Å². The zero-order valence-electron chi connectivity index (χ0n) is 13.8. The van der Waals surface area contributed by atoms with Crippen molar-refractivity contribution in [1.29, 1.82) is 0 Å². The van der Waals surface area contributed by atoms with Crippen molar-refractivity contribution in [3.8, 4) is 0 Å².